The van der Waals surface area contributed by atoms with Gasteiger partial charge in [0.2, 0.25) is 0 Å². The van der Waals surface area contributed by atoms with E-state index in [1.807, 2.05) is 0 Å². The Morgan fingerprint density at radius 3 is 2.56 bits per heavy atom. The Kier molecular flexibility index (Phi) is 4.41. The molecule has 1 N–H and O–H groups in total. The third-order valence-corrected chi connectivity index (χ3v) is 3.79. The lowest BCUT2D eigenvalue weighted by Crippen LogP contribution is -2.45. The molecule has 1 heterocycles. The maximum Gasteiger partial charge on any atom is 0.0783 e. The summed E-state index contributed by atoms with van der Waals surface area (Å²) in [6, 6.07) is 8.81. The van der Waals surface area contributed by atoms with Crippen LogP contribution in [0.15, 0.2) is 24.3 Å². The molecule has 1 aromatic carbocycles. The van der Waals surface area contributed by atoms with Crippen molar-refractivity contribution in [3.63, 3.8) is 0 Å². The van der Waals surface area contributed by atoms with Crippen LogP contribution in [0, 0.1) is 0 Å². The molecule has 1 aromatic rings. The molecule has 100 valence electrons. The highest BCUT2D eigenvalue weighted by molar-refractivity contribution is 5.24. The molecule has 0 amide bonds. The summed E-state index contributed by atoms with van der Waals surface area (Å²) in [6.45, 7) is 9.47. The van der Waals surface area contributed by atoms with E-state index in [2.05, 4.69) is 50.4 Å². The molecule has 1 aliphatic rings. The van der Waals surface area contributed by atoms with E-state index >= 15 is 0 Å². The van der Waals surface area contributed by atoms with Gasteiger partial charge in [0, 0.05) is 6.54 Å². The molecule has 2 nitrogen and oxygen atoms in total. The third-order valence-electron chi connectivity index (χ3n) is 3.79. The van der Waals surface area contributed by atoms with Gasteiger partial charge in [-0.1, -0.05) is 38.1 Å². The predicted octanol–water partition coefficient (Wildman–Crippen LogP) is 3.47. The van der Waals surface area contributed by atoms with Gasteiger partial charge in [0.15, 0.2) is 0 Å². The standard InChI is InChI=1S/C16H25NO/c1-13(2)15-7-5-14(6-8-15)11-18-16(3)9-4-10-17-12-16/h5-8,13,17H,4,9-12H2,1-3H3. The van der Waals surface area contributed by atoms with E-state index < -0.39 is 0 Å². The molecule has 0 aliphatic carbocycles. The summed E-state index contributed by atoms with van der Waals surface area (Å²) in [6.07, 6.45) is 2.37. The van der Waals surface area contributed by atoms with Crippen LogP contribution < -0.4 is 5.32 Å². The van der Waals surface area contributed by atoms with Crippen LogP contribution in [0.4, 0.5) is 0 Å². The van der Waals surface area contributed by atoms with Crippen molar-refractivity contribution >= 4 is 0 Å². The van der Waals surface area contributed by atoms with Crippen LogP contribution in [0.2, 0.25) is 0 Å². The number of piperidine rings is 1. The predicted molar refractivity (Wildman–Crippen MR) is 75.8 cm³/mol. The number of ether oxygens (including phenoxy) is 1. The average molecular weight is 247 g/mol. The summed E-state index contributed by atoms with van der Waals surface area (Å²) in [7, 11) is 0. The third kappa shape index (κ3) is 3.56. The molecule has 1 unspecified atom stereocenters. The highest BCUT2D eigenvalue weighted by Gasteiger charge is 2.27. The van der Waals surface area contributed by atoms with Gasteiger partial charge >= 0.3 is 0 Å². The smallest absolute Gasteiger partial charge is 0.0783 e. The minimum absolute atomic E-state index is 0.00890. The lowest BCUT2D eigenvalue weighted by atomic mass is 9.96. The van der Waals surface area contributed by atoms with Crippen LogP contribution in [0.25, 0.3) is 0 Å². The number of nitrogens with one attached hydrogen (secondary N) is 1. The van der Waals surface area contributed by atoms with Crippen LogP contribution in [-0.2, 0) is 11.3 Å². The van der Waals surface area contributed by atoms with Crippen molar-refractivity contribution in [3.05, 3.63) is 35.4 Å². The summed E-state index contributed by atoms with van der Waals surface area (Å²) in [5.74, 6) is 0.597. The van der Waals surface area contributed by atoms with Crippen molar-refractivity contribution in [3.8, 4) is 0 Å². The van der Waals surface area contributed by atoms with Crippen LogP contribution >= 0.6 is 0 Å². The lowest BCUT2D eigenvalue weighted by Gasteiger charge is -2.34. The van der Waals surface area contributed by atoms with Crippen molar-refractivity contribution in [2.24, 2.45) is 0 Å². The molecular weight excluding hydrogens is 222 g/mol. The van der Waals surface area contributed by atoms with Gasteiger partial charge in [-0.2, -0.15) is 0 Å². The van der Waals surface area contributed by atoms with Crippen molar-refractivity contribution < 1.29 is 4.74 Å². The number of benzene rings is 1. The van der Waals surface area contributed by atoms with E-state index in [0.717, 1.165) is 26.1 Å². The van der Waals surface area contributed by atoms with Crippen molar-refractivity contribution in [1.29, 1.82) is 0 Å². The Morgan fingerprint density at radius 2 is 2.00 bits per heavy atom. The summed E-state index contributed by atoms with van der Waals surface area (Å²) in [5, 5.41) is 3.41. The normalized spacial score (nSPS) is 24.4. The molecule has 2 heteroatoms. The van der Waals surface area contributed by atoms with Crippen molar-refractivity contribution in [2.75, 3.05) is 13.1 Å². The zero-order valence-electron chi connectivity index (χ0n) is 11.8. The second-order valence-electron chi connectivity index (χ2n) is 5.92. The van der Waals surface area contributed by atoms with E-state index in [1.54, 1.807) is 0 Å². The molecule has 1 aliphatic heterocycles. The van der Waals surface area contributed by atoms with Crippen LogP contribution in [0.5, 0.6) is 0 Å². The van der Waals surface area contributed by atoms with E-state index in [-0.39, 0.29) is 5.60 Å². The van der Waals surface area contributed by atoms with Gasteiger partial charge < -0.3 is 10.1 Å². The molecule has 0 aromatic heterocycles. The molecule has 1 fully saturated rings. The fourth-order valence-corrected chi connectivity index (χ4v) is 2.41. The summed E-state index contributed by atoms with van der Waals surface area (Å²) >= 11 is 0. The summed E-state index contributed by atoms with van der Waals surface area (Å²) in [4.78, 5) is 0. The Balaban J connectivity index is 1.89. The maximum atomic E-state index is 6.09. The first kappa shape index (κ1) is 13.6. The van der Waals surface area contributed by atoms with E-state index in [4.69, 9.17) is 4.74 Å². The fourth-order valence-electron chi connectivity index (χ4n) is 2.41. The Morgan fingerprint density at radius 1 is 1.28 bits per heavy atom. The number of hydrogen-bond donors (Lipinski definition) is 1. The topological polar surface area (TPSA) is 21.3 Å². The first-order chi connectivity index (χ1) is 8.59. The van der Waals surface area contributed by atoms with Crippen LogP contribution in [-0.4, -0.2) is 18.7 Å². The van der Waals surface area contributed by atoms with E-state index in [1.165, 1.54) is 17.5 Å². The first-order valence-electron chi connectivity index (χ1n) is 7.03. The van der Waals surface area contributed by atoms with Crippen LogP contribution in [0.3, 0.4) is 0 Å². The highest BCUT2D eigenvalue weighted by atomic mass is 16.5. The molecular formula is C16H25NO. The number of rotatable bonds is 4. The van der Waals surface area contributed by atoms with E-state index in [9.17, 15) is 0 Å². The molecule has 18 heavy (non-hydrogen) atoms. The minimum Gasteiger partial charge on any atom is -0.369 e. The minimum atomic E-state index is 0.00890. The molecule has 1 saturated heterocycles. The fraction of sp³-hybridized carbons (Fsp3) is 0.625. The van der Waals surface area contributed by atoms with Gasteiger partial charge in [0.1, 0.15) is 0 Å². The van der Waals surface area contributed by atoms with Gasteiger partial charge in [-0.25, -0.2) is 0 Å². The molecule has 0 radical (unpaired) electrons. The number of hydrogen-bond acceptors (Lipinski definition) is 2. The zero-order valence-corrected chi connectivity index (χ0v) is 11.8. The molecule has 0 bridgehead atoms. The van der Waals surface area contributed by atoms with Crippen molar-refractivity contribution in [2.45, 2.75) is 51.7 Å². The van der Waals surface area contributed by atoms with Crippen LogP contribution in [0.1, 0.15) is 50.7 Å². The van der Waals surface area contributed by atoms with Gasteiger partial charge in [-0.15, -0.1) is 0 Å². The van der Waals surface area contributed by atoms with Gasteiger partial charge in [0.05, 0.1) is 12.2 Å². The molecule has 0 saturated carbocycles. The SMILES string of the molecule is CC(C)c1ccc(COC2(C)CCCNC2)cc1. The van der Waals surface area contributed by atoms with Crippen molar-refractivity contribution in [1.82, 2.24) is 5.32 Å². The maximum absolute atomic E-state index is 6.09. The molecule has 0 spiro atoms. The Labute approximate surface area is 111 Å². The van der Waals surface area contributed by atoms with Gasteiger partial charge in [-0.3, -0.25) is 0 Å². The monoisotopic (exact) mass is 247 g/mol. The molecule has 2 rings (SSSR count). The second kappa shape index (κ2) is 5.85. The highest BCUT2D eigenvalue weighted by Crippen LogP contribution is 2.22. The average Bonchev–Trinajstić information content (AvgIpc) is 2.38. The second-order valence-corrected chi connectivity index (χ2v) is 5.92. The largest absolute Gasteiger partial charge is 0.369 e. The van der Waals surface area contributed by atoms with Gasteiger partial charge in [0.25, 0.3) is 0 Å². The lowest BCUT2D eigenvalue weighted by molar-refractivity contribution is -0.0571. The zero-order chi connectivity index (χ0) is 13.0. The quantitative estimate of drug-likeness (QED) is 0.879. The molecule has 1 atom stereocenters. The van der Waals surface area contributed by atoms with E-state index in [0.29, 0.717) is 5.92 Å². The summed E-state index contributed by atoms with van der Waals surface area (Å²) < 4.78 is 6.09. The first-order valence-corrected chi connectivity index (χ1v) is 7.03. The summed E-state index contributed by atoms with van der Waals surface area (Å²) in [5.41, 5.74) is 2.67. The Hall–Kier alpha value is -0.860. The van der Waals surface area contributed by atoms with Gasteiger partial charge in [-0.05, 0) is 43.4 Å². The Bertz CT molecular complexity index is 363.